The molecule has 0 aromatic heterocycles. The summed E-state index contributed by atoms with van der Waals surface area (Å²) in [6.07, 6.45) is 12.2. The average molecular weight is 224 g/mol. The Morgan fingerprint density at radius 1 is 0.938 bits per heavy atom. The van der Waals surface area contributed by atoms with Crippen LogP contribution in [0, 0.1) is 0 Å². The quantitative estimate of drug-likeness (QED) is 0.381. The predicted octanol–water partition coefficient (Wildman–Crippen LogP) is 4.27. The summed E-state index contributed by atoms with van der Waals surface area (Å²) in [5, 5.41) is 0. The maximum Gasteiger partial charge on any atom is 0.265 e. The first-order valence-electron chi connectivity index (χ1n) is 6.62. The summed E-state index contributed by atoms with van der Waals surface area (Å²) in [7, 11) is 0. The van der Waals surface area contributed by atoms with E-state index in [-0.39, 0.29) is 0 Å². The van der Waals surface area contributed by atoms with Crippen molar-refractivity contribution in [3.8, 4) is 0 Å². The molecule has 0 aromatic carbocycles. The van der Waals surface area contributed by atoms with Gasteiger partial charge in [-0.3, -0.25) is 10.5 Å². The molecule has 2 heteroatoms. The van der Waals surface area contributed by atoms with Crippen molar-refractivity contribution in [1.29, 1.82) is 0 Å². The summed E-state index contributed by atoms with van der Waals surface area (Å²) in [6.45, 7) is 5.82. The van der Waals surface area contributed by atoms with Gasteiger partial charge in [-0.1, -0.05) is 64.9 Å². The third-order valence-electron chi connectivity index (χ3n) is 2.90. The Morgan fingerprint density at radius 2 is 1.38 bits per heavy atom. The molecule has 0 spiro atoms. The average Bonchev–Trinajstić information content (AvgIpc) is 2.26. The van der Waals surface area contributed by atoms with E-state index in [0.717, 1.165) is 6.42 Å². The van der Waals surface area contributed by atoms with E-state index in [4.69, 9.17) is 5.73 Å². The lowest BCUT2D eigenvalue weighted by Gasteiger charge is -2.02. The van der Waals surface area contributed by atoms with E-state index in [1.165, 1.54) is 51.4 Å². The molecule has 0 aliphatic rings. The van der Waals surface area contributed by atoms with Gasteiger partial charge in [-0.2, -0.15) is 0 Å². The zero-order chi connectivity index (χ0) is 12.2. The molecule has 0 bridgehead atoms. The van der Waals surface area contributed by atoms with Gasteiger partial charge in [-0.05, 0) is 12.8 Å². The van der Waals surface area contributed by atoms with Gasteiger partial charge in [0.25, 0.3) is 5.91 Å². The van der Waals surface area contributed by atoms with Crippen LogP contribution >= 0.6 is 0 Å². The zero-order valence-electron chi connectivity index (χ0n) is 10.7. The number of unbranched alkanes of at least 4 members (excludes halogenated alkanes) is 8. The Bertz CT molecular complexity index is 199. The maximum absolute atomic E-state index is 10.6. The van der Waals surface area contributed by atoms with E-state index in [1.54, 1.807) is 0 Å². The Kier molecular flexibility index (Phi) is 10.2. The van der Waals surface area contributed by atoms with Gasteiger partial charge in [-0.25, -0.2) is 0 Å². The Morgan fingerprint density at radius 3 is 1.81 bits per heavy atom. The minimum atomic E-state index is -0.598. The van der Waals surface area contributed by atoms with Crippen molar-refractivity contribution in [2.24, 2.45) is 0 Å². The molecule has 0 saturated carbocycles. The fourth-order valence-electron chi connectivity index (χ4n) is 1.76. The van der Waals surface area contributed by atoms with Crippen molar-refractivity contribution in [2.75, 3.05) is 0 Å². The molecule has 0 saturated heterocycles. The second-order valence-electron chi connectivity index (χ2n) is 4.51. The van der Waals surface area contributed by atoms with Gasteiger partial charge in [-0.15, -0.1) is 0 Å². The zero-order valence-corrected chi connectivity index (χ0v) is 10.7. The smallest absolute Gasteiger partial charge is 0.265 e. The summed E-state index contributed by atoms with van der Waals surface area (Å²) in [6, 6.07) is 0. The van der Waals surface area contributed by atoms with Crippen LogP contribution in [0.4, 0.5) is 0 Å². The molecule has 0 fully saturated rings. The molecule has 16 heavy (non-hydrogen) atoms. The lowest BCUT2D eigenvalue weighted by Crippen LogP contribution is -2.00. The largest absolute Gasteiger partial charge is 0.268 e. The maximum atomic E-state index is 10.6. The molecule has 1 radical (unpaired) electrons. The van der Waals surface area contributed by atoms with Crippen molar-refractivity contribution < 1.29 is 4.79 Å². The van der Waals surface area contributed by atoms with Crippen LogP contribution in [0.2, 0.25) is 0 Å². The van der Waals surface area contributed by atoms with Gasteiger partial charge in [0.15, 0.2) is 0 Å². The highest BCUT2D eigenvalue weighted by molar-refractivity contribution is 5.90. The van der Waals surface area contributed by atoms with Gasteiger partial charge in [0.05, 0.1) is 0 Å². The lowest BCUT2D eigenvalue weighted by atomic mass is 10.0. The second kappa shape index (κ2) is 10.7. The number of nitrogens with one attached hydrogen (secondary N) is 1. The molecule has 0 aliphatic carbocycles. The molecule has 1 N–H and O–H groups in total. The SMILES string of the molecule is C=C(CCCCCCCCCCC)C([NH])=O. The summed E-state index contributed by atoms with van der Waals surface area (Å²) >= 11 is 0. The molecule has 0 aliphatic heterocycles. The first-order valence-corrected chi connectivity index (χ1v) is 6.62. The van der Waals surface area contributed by atoms with Gasteiger partial charge >= 0.3 is 0 Å². The number of carbonyl (C=O) groups excluding carboxylic acids is 1. The minimum absolute atomic E-state index is 0.461. The summed E-state index contributed by atoms with van der Waals surface area (Å²) in [5.41, 5.74) is 7.32. The van der Waals surface area contributed by atoms with E-state index in [0.29, 0.717) is 12.0 Å². The van der Waals surface area contributed by atoms with Gasteiger partial charge in [0.1, 0.15) is 0 Å². The molecular formula is C14H26NO. The van der Waals surface area contributed by atoms with E-state index < -0.39 is 5.91 Å². The molecule has 93 valence electrons. The first-order chi connectivity index (χ1) is 7.68. The number of carbonyl (C=O) groups is 1. The fourth-order valence-corrected chi connectivity index (χ4v) is 1.76. The Hall–Kier alpha value is -0.790. The number of hydrogen-bond donors (Lipinski definition) is 0. The third-order valence-corrected chi connectivity index (χ3v) is 2.90. The van der Waals surface area contributed by atoms with Crippen molar-refractivity contribution in [3.05, 3.63) is 12.2 Å². The lowest BCUT2D eigenvalue weighted by molar-refractivity contribution is -0.115. The monoisotopic (exact) mass is 224 g/mol. The number of hydrogen-bond acceptors (Lipinski definition) is 1. The summed E-state index contributed by atoms with van der Waals surface area (Å²) < 4.78 is 0. The number of rotatable bonds is 11. The van der Waals surface area contributed by atoms with Crippen LogP contribution in [-0.4, -0.2) is 5.91 Å². The molecule has 0 aromatic rings. The van der Waals surface area contributed by atoms with Crippen LogP contribution in [0.25, 0.3) is 0 Å². The molecule has 2 nitrogen and oxygen atoms in total. The van der Waals surface area contributed by atoms with Crippen LogP contribution in [0.5, 0.6) is 0 Å². The van der Waals surface area contributed by atoms with E-state index in [9.17, 15) is 4.79 Å². The van der Waals surface area contributed by atoms with Crippen molar-refractivity contribution >= 4 is 5.91 Å². The second-order valence-corrected chi connectivity index (χ2v) is 4.51. The Labute approximate surface area is 100 Å². The van der Waals surface area contributed by atoms with Crippen molar-refractivity contribution in [3.63, 3.8) is 0 Å². The standard InChI is InChI=1S/C14H26NO/c1-3-4-5-6-7-8-9-10-11-12-13(2)14(15)16/h15H,2-12H2,1H3. The highest BCUT2D eigenvalue weighted by Gasteiger charge is 2.01. The molecule has 0 rings (SSSR count). The highest BCUT2D eigenvalue weighted by Crippen LogP contribution is 2.12. The van der Waals surface area contributed by atoms with Crippen molar-refractivity contribution in [2.45, 2.75) is 71.1 Å². The number of amides is 1. The van der Waals surface area contributed by atoms with Crippen LogP contribution in [0.3, 0.4) is 0 Å². The molecule has 1 amide bonds. The van der Waals surface area contributed by atoms with E-state index in [1.807, 2.05) is 0 Å². The van der Waals surface area contributed by atoms with Crippen LogP contribution in [0.1, 0.15) is 71.1 Å². The Balaban J connectivity index is 3.10. The summed E-state index contributed by atoms with van der Waals surface area (Å²) in [5.74, 6) is -0.598. The normalized spacial score (nSPS) is 10.3. The van der Waals surface area contributed by atoms with E-state index >= 15 is 0 Å². The van der Waals surface area contributed by atoms with Crippen molar-refractivity contribution in [1.82, 2.24) is 5.73 Å². The first kappa shape index (κ1) is 15.2. The molecule has 0 heterocycles. The van der Waals surface area contributed by atoms with Gasteiger partial charge in [0.2, 0.25) is 0 Å². The third kappa shape index (κ3) is 9.75. The summed E-state index contributed by atoms with van der Waals surface area (Å²) in [4.78, 5) is 10.6. The van der Waals surface area contributed by atoms with Gasteiger partial charge < -0.3 is 0 Å². The topological polar surface area (TPSA) is 40.9 Å². The highest BCUT2D eigenvalue weighted by atomic mass is 16.1. The fraction of sp³-hybridized carbons (Fsp3) is 0.786. The molecular weight excluding hydrogens is 198 g/mol. The van der Waals surface area contributed by atoms with E-state index in [2.05, 4.69) is 13.5 Å². The predicted molar refractivity (Wildman–Crippen MR) is 69.1 cm³/mol. The van der Waals surface area contributed by atoms with Crippen LogP contribution in [-0.2, 0) is 4.79 Å². The molecule has 0 atom stereocenters. The molecule has 0 unspecified atom stereocenters. The minimum Gasteiger partial charge on any atom is -0.268 e. The van der Waals surface area contributed by atoms with Crippen LogP contribution < -0.4 is 5.73 Å². The van der Waals surface area contributed by atoms with Gasteiger partial charge in [0, 0.05) is 5.57 Å². The van der Waals surface area contributed by atoms with Crippen LogP contribution in [0.15, 0.2) is 12.2 Å².